The number of fused-ring (bicyclic) bond motifs is 1. The molecule has 0 bridgehead atoms. The third kappa shape index (κ3) is 2.83. The smallest absolute Gasteiger partial charge is 0.0163 e. The fourth-order valence-corrected chi connectivity index (χ4v) is 7.41. The highest BCUT2D eigenvalue weighted by atomic mass is 15.2. The number of nitrogens with zero attached hydrogens (tertiary/aromatic N) is 1. The van der Waals surface area contributed by atoms with Crippen molar-refractivity contribution >= 4 is 0 Å². The van der Waals surface area contributed by atoms with E-state index in [9.17, 15) is 0 Å². The van der Waals surface area contributed by atoms with Gasteiger partial charge in [0.15, 0.2) is 0 Å². The summed E-state index contributed by atoms with van der Waals surface area (Å²) in [4.78, 5) is 2.90. The molecule has 6 unspecified atom stereocenters. The summed E-state index contributed by atoms with van der Waals surface area (Å²) in [6, 6.07) is 0.877. The highest BCUT2D eigenvalue weighted by Crippen LogP contribution is 2.97. The topological polar surface area (TPSA) is 3.24 Å². The summed E-state index contributed by atoms with van der Waals surface area (Å²) in [5, 5.41) is 0. The molecular weight excluding hydrogens is 326 g/mol. The lowest BCUT2D eigenvalue weighted by atomic mass is 9.87. The van der Waals surface area contributed by atoms with E-state index >= 15 is 0 Å². The molecule has 0 N–H and O–H groups in total. The zero-order valence-electron chi connectivity index (χ0n) is 18.6. The fourth-order valence-electron chi connectivity index (χ4n) is 7.41. The van der Waals surface area contributed by atoms with E-state index in [1.54, 1.807) is 12.0 Å². The molecule has 1 heteroatoms. The van der Waals surface area contributed by atoms with Gasteiger partial charge in [0.25, 0.3) is 0 Å². The average Bonchev–Trinajstić information content (AvgIpc) is 3.45. The van der Waals surface area contributed by atoms with E-state index in [0.29, 0.717) is 5.92 Å². The van der Waals surface area contributed by atoms with Gasteiger partial charge in [0, 0.05) is 6.04 Å². The SMILES string of the molecule is CCC1CC23CC2(CC)C3C1N(CC)CCC(C)C1=CC(C)=CCC=C1C. The van der Waals surface area contributed by atoms with Crippen LogP contribution in [-0.4, -0.2) is 24.0 Å². The van der Waals surface area contributed by atoms with Gasteiger partial charge in [-0.2, -0.15) is 0 Å². The van der Waals surface area contributed by atoms with Crippen molar-refractivity contribution in [2.75, 3.05) is 13.1 Å². The first-order valence-corrected chi connectivity index (χ1v) is 11.7. The molecule has 0 radical (unpaired) electrons. The van der Waals surface area contributed by atoms with Gasteiger partial charge < -0.3 is 4.90 Å². The van der Waals surface area contributed by atoms with Crippen LogP contribution in [0.5, 0.6) is 0 Å². The van der Waals surface area contributed by atoms with Crippen molar-refractivity contribution in [3.63, 3.8) is 0 Å². The Kier molecular flexibility index (Phi) is 4.98. The molecule has 0 aliphatic heterocycles. The number of hydrogen-bond donors (Lipinski definition) is 0. The molecule has 3 saturated carbocycles. The van der Waals surface area contributed by atoms with Crippen LogP contribution in [0, 0.1) is 28.6 Å². The number of rotatable bonds is 8. The summed E-state index contributed by atoms with van der Waals surface area (Å²) < 4.78 is 0. The van der Waals surface area contributed by atoms with Crippen molar-refractivity contribution in [3.8, 4) is 0 Å². The third-order valence-corrected chi connectivity index (χ3v) is 9.12. The summed E-state index contributed by atoms with van der Waals surface area (Å²) in [5.74, 6) is 2.65. The Morgan fingerprint density at radius 3 is 2.63 bits per heavy atom. The third-order valence-electron chi connectivity index (χ3n) is 9.12. The van der Waals surface area contributed by atoms with Crippen LogP contribution in [0.2, 0.25) is 0 Å². The Morgan fingerprint density at radius 1 is 1.19 bits per heavy atom. The van der Waals surface area contributed by atoms with Crippen LogP contribution in [0.1, 0.15) is 80.1 Å². The first-order valence-electron chi connectivity index (χ1n) is 11.7. The van der Waals surface area contributed by atoms with E-state index in [1.807, 2.05) is 0 Å². The van der Waals surface area contributed by atoms with Crippen molar-refractivity contribution in [2.45, 2.75) is 86.1 Å². The van der Waals surface area contributed by atoms with Gasteiger partial charge in [-0.1, -0.05) is 63.5 Å². The number of hydrogen-bond acceptors (Lipinski definition) is 1. The van der Waals surface area contributed by atoms with E-state index in [2.05, 4.69) is 64.7 Å². The zero-order valence-corrected chi connectivity index (χ0v) is 18.6. The Labute approximate surface area is 168 Å². The second kappa shape index (κ2) is 6.90. The Hall–Kier alpha value is -0.820. The van der Waals surface area contributed by atoms with Crippen molar-refractivity contribution in [1.82, 2.24) is 4.90 Å². The van der Waals surface area contributed by atoms with Crippen molar-refractivity contribution < 1.29 is 0 Å². The molecule has 1 spiro atoms. The lowest BCUT2D eigenvalue weighted by Crippen LogP contribution is -2.43. The molecular formula is C26H41N. The molecule has 0 aromatic carbocycles. The molecule has 0 saturated heterocycles. The molecule has 4 aliphatic rings. The van der Waals surface area contributed by atoms with Gasteiger partial charge in [0.1, 0.15) is 0 Å². The minimum atomic E-state index is 0.654. The molecule has 0 amide bonds. The van der Waals surface area contributed by atoms with Gasteiger partial charge in [-0.25, -0.2) is 0 Å². The maximum atomic E-state index is 2.90. The van der Waals surface area contributed by atoms with Crippen LogP contribution in [0.3, 0.4) is 0 Å². The molecule has 6 atom stereocenters. The lowest BCUT2D eigenvalue weighted by molar-refractivity contribution is 0.116. The molecule has 0 aromatic rings. The maximum absolute atomic E-state index is 2.90. The van der Waals surface area contributed by atoms with Crippen LogP contribution < -0.4 is 0 Å². The van der Waals surface area contributed by atoms with Gasteiger partial charge >= 0.3 is 0 Å². The minimum absolute atomic E-state index is 0.654. The molecule has 1 nitrogen and oxygen atoms in total. The predicted octanol–water partition coefficient (Wildman–Crippen LogP) is 6.77. The fraction of sp³-hybridized carbons (Fsp3) is 0.769. The maximum Gasteiger partial charge on any atom is 0.0163 e. The first-order chi connectivity index (χ1) is 12.9. The van der Waals surface area contributed by atoms with Gasteiger partial charge in [-0.05, 0) is 93.2 Å². The molecule has 4 aliphatic carbocycles. The molecule has 0 heterocycles. The Morgan fingerprint density at radius 2 is 1.96 bits per heavy atom. The molecule has 4 rings (SSSR count). The lowest BCUT2D eigenvalue weighted by Gasteiger charge is -2.36. The van der Waals surface area contributed by atoms with Crippen molar-refractivity contribution in [2.24, 2.45) is 28.6 Å². The number of allylic oxidation sites excluding steroid dienone is 6. The van der Waals surface area contributed by atoms with E-state index in [-0.39, 0.29) is 0 Å². The highest BCUT2D eigenvalue weighted by molar-refractivity contribution is 5.42. The van der Waals surface area contributed by atoms with E-state index in [1.165, 1.54) is 49.9 Å². The molecule has 27 heavy (non-hydrogen) atoms. The van der Waals surface area contributed by atoms with Gasteiger partial charge in [-0.15, -0.1) is 0 Å². The Bertz CT molecular complexity index is 682. The minimum Gasteiger partial charge on any atom is -0.300 e. The van der Waals surface area contributed by atoms with Crippen molar-refractivity contribution in [1.29, 1.82) is 0 Å². The predicted molar refractivity (Wildman–Crippen MR) is 117 cm³/mol. The summed E-state index contributed by atoms with van der Waals surface area (Å²) in [5.41, 5.74) is 6.10. The average molecular weight is 368 g/mol. The Balaban J connectivity index is 1.43. The second-order valence-corrected chi connectivity index (χ2v) is 10.2. The zero-order chi connectivity index (χ0) is 19.4. The normalized spacial score (nSPS) is 40.6. The van der Waals surface area contributed by atoms with Crippen LogP contribution >= 0.6 is 0 Å². The second-order valence-electron chi connectivity index (χ2n) is 10.2. The largest absolute Gasteiger partial charge is 0.300 e. The van der Waals surface area contributed by atoms with E-state index < -0.39 is 0 Å². The quantitative estimate of drug-likeness (QED) is 0.457. The molecule has 3 fully saturated rings. The summed E-state index contributed by atoms with van der Waals surface area (Å²) in [6.45, 7) is 16.8. The first kappa shape index (κ1) is 19.5. The summed E-state index contributed by atoms with van der Waals surface area (Å²) in [7, 11) is 0. The van der Waals surface area contributed by atoms with Crippen LogP contribution in [0.4, 0.5) is 0 Å². The van der Waals surface area contributed by atoms with Crippen LogP contribution in [0.15, 0.2) is 34.9 Å². The van der Waals surface area contributed by atoms with Crippen LogP contribution in [-0.2, 0) is 0 Å². The monoisotopic (exact) mass is 367 g/mol. The van der Waals surface area contributed by atoms with Crippen molar-refractivity contribution in [3.05, 3.63) is 34.9 Å². The van der Waals surface area contributed by atoms with Crippen LogP contribution in [0.25, 0.3) is 0 Å². The van der Waals surface area contributed by atoms with E-state index in [4.69, 9.17) is 0 Å². The van der Waals surface area contributed by atoms with E-state index in [0.717, 1.165) is 35.1 Å². The molecule has 150 valence electrons. The standard InChI is InChI=1S/C26H41N/c1-7-21-16-26-17-25(26,8-2)24(26)23(21)27(9-3)14-13-20(6)22-15-18(4)11-10-12-19(22)5/h11-12,15,20-21,23-24H,7-10,13-14,16-17H2,1-6H3. The highest BCUT2D eigenvalue weighted by Gasteiger charge is 2.93. The van der Waals surface area contributed by atoms with Gasteiger partial charge in [0.2, 0.25) is 0 Å². The summed E-state index contributed by atoms with van der Waals surface area (Å²) >= 11 is 0. The molecule has 0 aromatic heterocycles. The van der Waals surface area contributed by atoms with Gasteiger partial charge in [-0.3, -0.25) is 0 Å². The van der Waals surface area contributed by atoms with Gasteiger partial charge in [0.05, 0.1) is 0 Å². The summed E-state index contributed by atoms with van der Waals surface area (Å²) in [6.07, 6.45) is 15.5.